The molecule has 1 aliphatic carbocycles. The Labute approximate surface area is 157 Å². The van der Waals surface area contributed by atoms with E-state index in [2.05, 4.69) is 20.8 Å². The average molecular weight is 399 g/mol. The van der Waals surface area contributed by atoms with Crippen molar-refractivity contribution in [2.24, 2.45) is 0 Å². The maximum Gasteiger partial charge on any atom is 0.341 e. The predicted octanol–water partition coefficient (Wildman–Crippen LogP) is 3.04. The topological polar surface area (TPSA) is 93.2 Å². The first-order valence-corrected chi connectivity index (χ1v) is 10.5. The molecular formula is C15H18N4O3S3. The van der Waals surface area contributed by atoms with Crippen LogP contribution in [0.25, 0.3) is 0 Å². The van der Waals surface area contributed by atoms with Gasteiger partial charge in [-0.2, -0.15) is 0 Å². The molecule has 1 aliphatic rings. The zero-order valence-corrected chi connectivity index (χ0v) is 16.3. The number of aromatic nitrogens is 2. The van der Waals surface area contributed by atoms with Crippen LogP contribution in [0.5, 0.6) is 0 Å². The Hall–Kier alpha value is -1.65. The summed E-state index contributed by atoms with van der Waals surface area (Å²) in [5.74, 6) is -0.312. The van der Waals surface area contributed by atoms with E-state index in [1.54, 1.807) is 14.0 Å². The number of anilines is 2. The second kappa shape index (κ2) is 8.15. The first-order chi connectivity index (χ1) is 12.1. The van der Waals surface area contributed by atoms with Crippen LogP contribution in [0, 0.1) is 0 Å². The van der Waals surface area contributed by atoms with E-state index >= 15 is 0 Å². The molecule has 10 heteroatoms. The van der Waals surface area contributed by atoms with Gasteiger partial charge in [0.15, 0.2) is 4.34 Å². The van der Waals surface area contributed by atoms with E-state index in [-0.39, 0.29) is 17.6 Å². The fraction of sp³-hybridized carbons (Fsp3) is 0.467. The van der Waals surface area contributed by atoms with Gasteiger partial charge in [-0.15, -0.1) is 21.5 Å². The Balaban J connectivity index is 1.67. The quantitative estimate of drug-likeness (QED) is 0.547. The zero-order chi connectivity index (χ0) is 17.8. The molecule has 1 amide bonds. The van der Waals surface area contributed by atoms with Gasteiger partial charge in [0.1, 0.15) is 5.00 Å². The van der Waals surface area contributed by atoms with Crippen LogP contribution in [0.15, 0.2) is 4.34 Å². The van der Waals surface area contributed by atoms with Gasteiger partial charge in [0.05, 0.1) is 17.9 Å². The molecule has 3 rings (SSSR count). The van der Waals surface area contributed by atoms with E-state index in [0.717, 1.165) is 29.2 Å². The number of hydrogen-bond donors (Lipinski definition) is 2. The molecule has 2 aromatic heterocycles. The summed E-state index contributed by atoms with van der Waals surface area (Å²) in [4.78, 5) is 25.7. The van der Waals surface area contributed by atoms with Crippen molar-refractivity contribution in [1.29, 1.82) is 0 Å². The van der Waals surface area contributed by atoms with E-state index in [1.165, 1.54) is 39.3 Å². The first-order valence-electron chi connectivity index (χ1n) is 7.88. The average Bonchev–Trinajstić information content (AvgIpc) is 3.28. The number of rotatable bonds is 7. The lowest BCUT2D eigenvalue weighted by molar-refractivity contribution is -0.113. The fourth-order valence-electron chi connectivity index (χ4n) is 2.57. The largest absolute Gasteiger partial charge is 0.462 e. The summed E-state index contributed by atoms with van der Waals surface area (Å²) in [6.45, 7) is 2.10. The van der Waals surface area contributed by atoms with Gasteiger partial charge in [-0.1, -0.05) is 23.1 Å². The number of thiophene rings is 1. The van der Waals surface area contributed by atoms with E-state index in [0.29, 0.717) is 22.3 Å². The second-order valence-electron chi connectivity index (χ2n) is 5.24. The number of carbonyl (C=O) groups is 2. The summed E-state index contributed by atoms with van der Waals surface area (Å²) in [7, 11) is 1.77. The van der Waals surface area contributed by atoms with Crippen LogP contribution in [0.4, 0.5) is 10.1 Å². The Kier molecular flexibility index (Phi) is 5.92. The Morgan fingerprint density at radius 1 is 1.28 bits per heavy atom. The number of nitrogens with one attached hydrogen (secondary N) is 2. The Morgan fingerprint density at radius 2 is 2.12 bits per heavy atom. The van der Waals surface area contributed by atoms with Crippen LogP contribution in [0.3, 0.4) is 0 Å². The fourth-order valence-corrected chi connectivity index (χ4v) is 5.37. The lowest BCUT2D eigenvalue weighted by Gasteiger charge is -2.07. The van der Waals surface area contributed by atoms with Crippen molar-refractivity contribution in [3.63, 3.8) is 0 Å². The van der Waals surface area contributed by atoms with Crippen LogP contribution in [0.1, 0.15) is 34.1 Å². The molecule has 134 valence electrons. The molecule has 2 aromatic rings. The molecule has 0 fully saturated rings. The number of carbonyl (C=O) groups excluding carboxylic acids is 2. The second-order valence-corrected chi connectivity index (χ2v) is 8.55. The van der Waals surface area contributed by atoms with Gasteiger partial charge in [0, 0.05) is 11.9 Å². The third-order valence-corrected chi connectivity index (χ3v) is 6.88. The van der Waals surface area contributed by atoms with Gasteiger partial charge < -0.3 is 15.4 Å². The molecule has 0 aliphatic heterocycles. The van der Waals surface area contributed by atoms with Crippen LogP contribution in [-0.2, 0) is 22.4 Å². The minimum absolute atomic E-state index is 0.170. The van der Waals surface area contributed by atoms with Gasteiger partial charge in [-0.3, -0.25) is 4.79 Å². The van der Waals surface area contributed by atoms with E-state index in [1.807, 2.05) is 0 Å². The molecule has 0 unspecified atom stereocenters. The summed E-state index contributed by atoms with van der Waals surface area (Å²) in [5, 5.41) is 15.0. The lowest BCUT2D eigenvalue weighted by atomic mass is 10.1. The third kappa shape index (κ3) is 4.13. The molecular weight excluding hydrogens is 380 g/mol. The normalized spacial score (nSPS) is 12.7. The third-order valence-electron chi connectivity index (χ3n) is 3.60. The number of fused-ring (bicyclic) bond motifs is 1. The number of hydrogen-bond acceptors (Lipinski definition) is 9. The van der Waals surface area contributed by atoms with Crippen molar-refractivity contribution in [3.8, 4) is 0 Å². The summed E-state index contributed by atoms with van der Waals surface area (Å²) in [5.41, 5.74) is 1.57. The number of ether oxygens (including phenoxy) is 1. The molecule has 7 nitrogen and oxygen atoms in total. The summed E-state index contributed by atoms with van der Waals surface area (Å²) in [6.07, 6.45) is 2.86. The Morgan fingerprint density at radius 3 is 2.84 bits per heavy atom. The highest BCUT2D eigenvalue weighted by molar-refractivity contribution is 8.01. The molecule has 2 N–H and O–H groups in total. The molecule has 0 saturated carbocycles. The van der Waals surface area contributed by atoms with Crippen LogP contribution >= 0.6 is 34.4 Å². The number of thioether (sulfide) groups is 1. The molecule has 0 bridgehead atoms. The van der Waals surface area contributed by atoms with Crippen molar-refractivity contribution in [3.05, 3.63) is 16.0 Å². The Bertz CT molecular complexity index is 787. The van der Waals surface area contributed by atoms with E-state index in [4.69, 9.17) is 4.74 Å². The zero-order valence-electron chi connectivity index (χ0n) is 13.9. The van der Waals surface area contributed by atoms with Gasteiger partial charge in [-0.05, 0) is 31.7 Å². The first kappa shape index (κ1) is 18.2. The van der Waals surface area contributed by atoms with Crippen molar-refractivity contribution >= 4 is 56.4 Å². The number of aryl methyl sites for hydroxylation is 1. The molecule has 0 radical (unpaired) electrons. The highest BCUT2D eigenvalue weighted by Crippen LogP contribution is 2.39. The number of amides is 1. The molecule has 25 heavy (non-hydrogen) atoms. The van der Waals surface area contributed by atoms with Crippen LogP contribution in [-0.4, -0.2) is 41.5 Å². The molecule has 0 aromatic carbocycles. The maximum absolute atomic E-state index is 12.3. The molecule has 2 heterocycles. The minimum atomic E-state index is -0.354. The summed E-state index contributed by atoms with van der Waals surface area (Å²) in [6, 6.07) is 0. The van der Waals surface area contributed by atoms with Gasteiger partial charge in [0.2, 0.25) is 11.0 Å². The van der Waals surface area contributed by atoms with Gasteiger partial charge in [-0.25, -0.2) is 4.79 Å². The molecule has 0 atom stereocenters. The summed E-state index contributed by atoms with van der Waals surface area (Å²) >= 11 is 4.20. The monoisotopic (exact) mass is 398 g/mol. The van der Waals surface area contributed by atoms with E-state index in [9.17, 15) is 9.59 Å². The highest BCUT2D eigenvalue weighted by atomic mass is 32.2. The van der Waals surface area contributed by atoms with Crippen LogP contribution < -0.4 is 10.6 Å². The van der Waals surface area contributed by atoms with Gasteiger partial charge in [0.25, 0.3) is 0 Å². The highest BCUT2D eigenvalue weighted by Gasteiger charge is 2.28. The van der Waals surface area contributed by atoms with Crippen molar-refractivity contribution in [1.82, 2.24) is 10.2 Å². The molecule has 0 saturated heterocycles. The van der Waals surface area contributed by atoms with Crippen LogP contribution in [0.2, 0.25) is 0 Å². The summed E-state index contributed by atoms with van der Waals surface area (Å²) < 4.78 is 5.89. The van der Waals surface area contributed by atoms with Crippen molar-refractivity contribution in [2.75, 3.05) is 30.0 Å². The van der Waals surface area contributed by atoms with Gasteiger partial charge >= 0.3 is 5.97 Å². The lowest BCUT2D eigenvalue weighted by Crippen LogP contribution is -2.16. The minimum Gasteiger partial charge on any atom is -0.462 e. The molecule has 0 spiro atoms. The van der Waals surface area contributed by atoms with E-state index < -0.39 is 0 Å². The smallest absolute Gasteiger partial charge is 0.341 e. The maximum atomic E-state index is 12.3. The van der Waals surface area contributed by atoms with Crippen molar-refractivity contribution < 1.29 is 14.3 Å². The SMILES string of the molecule is CCOC(=O)c1c(NC(=O)CSc2nnc(NC)s2)sc2c1CCC2. The standard InChI is InChI=1S/C15H18N4O3S3/c1-3-22-13(21)11-8-5-4-6-9(8)24-12(11)17-10(20)7-23-15-19-18-14(16-2)25-15/h3-7H2,1-2H3,(H,16,18)(H,17,20). The van der Waals surface area contributed by atoms with Crippen molar-refractivity contribution in [2.45, 2.75) is 30.5 Å². The number of esters is 1. The number of nitrogens with zero attached hydrogens (tertiary/aromatic N) is 2. The predicted molar refractivity (Wildman–Crippen MR) is 101 cm³/mol.